The van der Waals surface area contributed by atoms with E-state index in [0.717, 1.165) is 0 Å². The van der Waals surface area contributed by atoms with Crippen molar-refractivity contribution in [3.63, 3.8) is 0 Å². The minimum Gasteiger partial charge on any atom is -1.00 e. The van der Waals surface area contributed by atoms with Crippen molar-refractivity contribution >= 4 is 72.6 Å². The summed E-state index contributed by atoms with van der Waals surface area (Å²) in [6.45, 7) is 0. The smallest absolute Gasteiger partial charge is 1.00 e. The quantitative estimate of drug-likeness (QED) is 0.295. The molecule has 0 aliphatic rings. The second-order valence-electron chi connectivity index (χ2n) is 0.600. The fraction of sp³-hybridized carbons (Fsp3) is 0. The van der Waals surface area contributed by atoms with E-state index in [1.54, 1.807) is 0 Å². The van der Waals surface area contributed by atoms with E-state index in [4.69, 9.17) is 19.2 Å². The third-order valence-electron chi connectivity index (χ3n) is 0. The van der Waals surface area contributed by atoms with Crippen molar-refractivity contribution in [1.82, 2.24) is 0 Å². The van der Waals surface area contributed by atoms with Gasteiger partial charge in [0.2, 0.25) is 0 Å². The Morgan fingerprint density at radius 1 is 1.00 bits per heavy atom. The zero-order chi connectivity index (χ0) is 4.50. The maximum Gasteiger partial charge on any atom is 2.00 e. The summed E-state index contributed by atoms with van der Waals surface area (Å²) in [4.78, 5) is 29.3. The van der Waals surface area contributed by atoms with Crippen LogP contribution in [0.25, 0.3) is 0 Å². The summed E-state index contributed by atoms with van der Waals surface area (Å²) in [7, 11) is -4.61. The molecule has 0 spiro atoms. The monoisotopic (exact) mass is 203 g/mol. The Bertz CT molecular complexity index is 45.8. The largest absolute Gasteiger partial charge is 2.00 e. The molecule has 3 radical (unpaired) electrons. The zero-order valence-corrected chi connectivity index (χ0v) is 9.78. The van der Waals surface area contributed by atoms with Crippen LogP contribution in [0.4, 0.5) is 0 Å². The number of hydrogen-bond acceptors (Lipinski definition) is 4. The molecule has 0 heterocycles. The summed E-state index contributed by atoms with van der Waals surface area (Å²) in [6, 6.07) is 0. The van der Waals surface area contributed by atoms with E-state index >= 15 is 0 Å². The van der Waals surface area contributed by atoms with Gasteiger partial charge >= 0.3 is 76.3 Å². The molecule has 0 saturated heterocycles. The van der Waals surface area contributed by atoms with E-state index in [9.17, 15) is 0 Å². The normalized spacial score (nSPS) is 6.67. The van der Waals surface area contributed by atoms with Crippen LogP contribution in [0.15, 0.2) is 0 Å². The van der Waals surface area contributed by atoms with Crippen LogP contribution < -0.4 is 29.6 Å². The molecule has 0 bridgehead atoms. The maximum absolute atomic E-state index is 7.33. The van der Waals surface area contributed by atoms with Gasteiger partial charge in [-0.05, 0) is 0 Å². The molecule has 0 aliphatic carbocycles. The van der Waals surface area contributed by atoms with E-state index in [0.29, 0.717) is 0 Å². The molecular weight excluding hydrogens is 193 g/mol. The van der Waals surface area contributed by atoms with Crippen LogP contribution in [0.2, 0.25) is 0 Å². The van der Waals surface area contributed by atoms with Gasteiger partial charge in [0.1, 0.15) is 0 Å². The second-order valence-corrected chi connectivity index (χ2v) is 1.80. The van der Waals surface area contributed by atoms with E-state index < -0.39 is 9.05 Å². The summed E-state index contributed by atoms with van der Waals surface area (Å²) in [6.07, 6.45) is 0. The van der Waals surface area contributed by atoms with Crippen molar-refractivity contribution in [3.05, 3.63) is 0 Å². The molecule has 4 nitrogen and oxygen atoms in total. The fourth-order valence-corrected chi connectivity index (χ4v) is 0. The van der Waals surface area contributed by atoms with Gasteiger partial charge in [-0.2, -0.15) is 0 Å². The molecule has 0 fully saturated rings. The molecule has 0 aliphatic heterocycles. The van der Waals surface area contributed by atoms with Crippen LogP contribution in [0.1, 0.15) is 4.28 Å². The van der Waals surface area contributed by atoms with Crippen molar-refractivity contribution in [1.29, 1.82) is 0 Å². The Labute approximate surface area is 124 Å². The van der Waals surface area contributed by atoms with Crippen LogP contribution in [0.5, 0.6) is 0 Å². The van der Waals surface area contributed by atoms with Gasteiger partial charge in [-0.3, -0.25) is 0 Å². The van der Waals surface area contributed by atoms with Gasteiger partial charge in [0.25, 0.3) is 0 Å². The van der Waals surface area contributed by atoms with Gasteiger partial charge in [0, 0.05) is 8.41 Å². The van der Waals surface area contributed by atoms with Gasteiger partial charge in [-0.1, -0.05) is 0 Å². The van der Waals surface area contributed by atoms with Crippen molar-refractivity contribution in [3.8, 4) is 0 Å². The van der Waals surface area contributed by atoms with Crippen LogP contribution in [-0.2, 0) is 0 Å². The molecule has 0 rings (SSSR count). The predicted octanol–water partition coefficient (Wildman–Crippen LogP) is -7.21. The third kappa shape index (κ3) is 102. The Hall–Kier alpha value is 2.91. The minimum atomic E-state index is -4.61. The minimum absolute atomic E-state index is 0. The van der Waals surface area contributed by atoms with E-state index in [-0.39, 0.29) is 97.3 Å². The van der Waals surface area contributed by atoms with Gasteiger partial charge < -0.3 is 23.5 Å². The average Bonchev–Trinajstić information content (AvgIpc) is 0.722. The van der Waals surface area contributed by atoms with Crippen molar-refractivity contribution < 1.29 is 53.0 Å². The van der Waals surface area contributed by atoms with Crippen molar-refractivity contribution in [2.45, 2.75) is 0 Å². The molecule has 0 aromatic heterocycles. The first-order valence-electron chi connectivity index (χ1n) is 0.894. The maximum atomic E-state index is 7.33. The first-order chi connectivity index (χ1) is 2.00. The first kappa shape index (κ1) is 29.7. The molecule has 47 valence electrons. The summed E-state index contributed by atoms with van der Waals surface area (Å²) in [5, 5.41) is 0. The topological polar surface area (TPSA) is 80.9 Å². The van der Waals surface area contributed by atoms with Gasteiger partial charge in [-0.25, -0.2) is 0 Å². The summed E-state index contributed by atoms with van der Waals surface area (Å²) in [5.74, 6) is 0. The van der Waals surface area contributed by atoms with Crippen molar-refractivity contribution in [2.75, 3.05) is 0 Å². The van der Waals surface area contributed by atoms with E-state index in [2.05, 4.69) is 0 Å². The van der Waals surface area contributed by atoms with Crippen molar-refractivity contribution in [2.24, 2.45) is 0 Å². The summed E-state index contributed by atoms with van der Waals surface area (Å²) in [5.41, 5.74) is 0. The van der Waals surface area contributed by atoms with Gasteiger partial charge in [-0.15, -0.1) is 0 Å². The molecule has 9 heavy (non-hydrogen) atoms. The Balaban J connectivity index is -0.00000000381. The Morgan fingerprint density at radius 2 is 1.00 bits per heavy atom. The predicted molar refractivity (Wildman–Crippen MR) is 39.4 cm³/mol. The molecule has 0 aromatic rings. The molecule has 9 heteroatoms. The summed E-state index contributed by atoms with van der Waals surface area (Å²) < 4.78 is 0. The number of hydrogen-bond donors (Lipinski definition) is 4. The third-order valence-corrected chi connectivity index (χ3v) is 0. The van der Waals surface area contributed by atoms with Crippen LogP contribution in [0, 0.1) is 0 Å². The van der Waals surface area contributed by atoms with Gasteiger partial charge in [0.05, 0.1) is 0 Å². The summed E-state index contributed by atoms with van der Waals surface area (Å²) >= 11 is 0. The first-order valence-corrected chi connectivity index (χ1v) is 2.68. The average molecular weight is 203 g/mol. The molecule has 0 saturated carbocycles. The standard InChI is InChI=1S/Al.B.Ca.Na.H4O4Si.6H/c;;;;1-5(2,3)4;;;;;;/h;;;;1-4H;;;;;;/q;;+2;+1;;;;;3*-1. The SMILES string of the molecule is O[Si](O)(O)O.[AlH3].[B].[Ca+2].[H-].[H-].[H-].[Na+]. The van der Waals surface area contributed by atoms with E-state index in [1.165, 1.54) is 0 Å². The zero-order valence-electron chi connectivity index (χ0n) is 7.57. The fourth-order valence-electron chi connectivity index (χ4n) is 0. The second kappa shape index (κ2) is 13.5. The number of rotatable bonds is 0. The van der Waals surface area contributed by atoms with Gasteiger partial charge in [0.15, 0.2) is 17.4 Å². The van der Waals surface area contributed by atoms with Crippen LogP contribution in [0.3, 0.4) is 0 Å². The molecule has 0 unspecified atom stereocenters. The molecule has 0 amide bonds. The Kier molecular flexibility index (Phi) is 44.5. The molecular formula is H10AlBCaNaO4Si. The molecule has 0 aromatic carbocycles. The van der Waals surface area contributed by atoms with E-state index in [1.807, 2.05) is 0 Å². The molecule has 0 atom stereocenters. The van der Waals surface area contributed by atoms with Crippen LogP contribution >= 0.6 is 0 Å². The Morgan fingerprint density at radius 3 is 1.00 bits per heavy atom. The van der Waals surface area contributed by atoms with Crippen LogP contribution in [-0.4, -0.2) is 91.7 Å². The molecule has 4 N–H and O–H groups in total.